The molecule has 0 amide bonds. The Kier molecular flexibility index (Phi) is 7.56. The molecule has 146 valence electrons. The average Bonchev–Trinajstić information content (AvgIpc) is 2.60. The van der Waals surface area contributed by atoms with Gasteiger partial charge in [-0.1, -0.05) is 6.07 Å². The van der Waals surface area contributed by atoms with E-state index in [1.54, 1.807) is 0 Å². The van der Waals surface area contributed by atoms with Gasteiger partial charge in [0.2, 0.25) is 0 Å². The fraction of sp³-hybridized carbons (Fsp3) is 0.611. The molecule has 0 heterocycles. The van der Waals surface area contributed by atoms with Gasteiger partial charge in [0, 0.05) is 12.6 Å². The largest absolute Gasteiger partial charge is 0.492 e. The number of aliphatic hydroxyl groups excluding tert-OH is 1. The number of nitrogens with zero attached hydrogens (tertiary/aromatic N) is 1. The minimum absolute atomic E-state index is 0.175. The monoisotopic (exact) mass is 373 g/mol. The summed E-state index contributed by atoms with van der Waals surface area (Å²) in [5.74, 6) is 0.829. The topological polar surface area (TPSA) is 65.9 Å². The average molecular weight is 373 g/mol. The molecule has 1 aromatic rings. The van der Waals surface area contributed by atoms with E-state index in [9.17, 15) is 18.3 Å². The number of alkyl halides is 3. The number of rotatable bonds is 6. The van der Waals surface area contributed by atoms with Crippen molar-refractivity contribution in [3.63, 3.8) is 0 Å². The normalized spacial score (nSPS) is 21.3. The lowest BCUT2D eigenvalue weighted by atomic mass is 9.93. The van der Waals surface area contributed by atoms with Crippen LogP contribution < -0.4 is 15.4 Å². The number of halogens is 3. The third-order valence-electron chi connectivity index (χ3n) is 4.17. The van der Waals surface area contributed by atoms with Gasteiger partial charge in [-0.2, -0.15) is 13.2 Å². The standard InChI is InChI=1S/C18H26F3N3O2/c1-2-22-17(24-14-6-8-15(25)9-7-14)23-10-11-26-16-5-3-4-13(12-16)18(19,20)21/h3-5,12,14-15,25H,2,6-11H2,1H3,(H2,22,23,24). The van der Waals surface area contributed by atoms with E-state index in [-0.39, 0.29) is 24.5 Å². The van der Waals surface area contributed by atoms with E-state index < -0.39 is 11.7 Å². The van der Waals surface area contributed by atoms with E-state index in [2.05, 4.69) is 15.6 Å². The van der Waals surface area contributed by atoms with E-state index in [1.807, 2.05) is 6.92 Å². The quantitative estimate of drug-likeness (QED) is 0.408. The molecule has 1 saturated carbocycles. The number of aliphatic imine (C=N–C) groups is 1. The Morgan fingerprint density at radius 3 is 2.65 bits per heavy atom. The van der Waals surface area contributed by atoms with E-state index in [4.69, 9.17) is 4.74 Å². The van der Waals surface area contributed by atoms with Gasteiger partial charge in [-0.25, -0.2) is 4.99 Å². The molecule has 3 N–H and O–H groups in total. The first-order valence-electron chi connectivity index (χ1n) is 8.91. The van der Waals surface area contributed by atoms with Crippen molar-refractivity contribution < 1.29 is 23.0 Å². The molecule has 5 nitrogen and oxygen atoms in total. The molecule has 1 aliphatic carbocycles. The molecule has 0 bridgehead atoms. The molecule has 26 heavy (non-hydrogen) atoms. The van der Waals surface area contributed by atoms with Crippen molar-refractivity contribution in [3.05, 3.63) is 29.8 Å². The molecule has 0 aliphatic heterocycles. The van der Waals surface area contributed by atoms with Crippen LogP contribution in [0.25, 0.3) is 0 Å². The summed E-state index contributed by atoms with van der Waals surface area (Å²) in [6.07, 6.45) is -1.29. The summed E-state index contributed by atoms with van der Waals surface area (Å²) in [7, 11) is 0. The highest BCUT2D eigenvalue weighted by atomic mass is 19.4. The summed E-state index contributed by atoms with van der Waals surface area (Å²) in [4.78, 5) is 4.40. The van der Waals surface area contributed by atoms with Crippen LogP contribution in [0.1, 0.15) is 38.2 Å². The summed E-state index contributed by atoms with van der Waals surface area (Å²) in [6, 6.07) is 5.08. The number of nitrogens with one attached hydrogen (secondary N) is 2. The Morgan fingerprint density at radius 2 is 2.00 bits per heavy atom. The summed E-state index contributed by atoms with van der Waals surface area (Å²) in [6.45, 7) is 3.17. The summed E-state index contributed by atoms with van der Waals surface area (Å²) in [5, 5.41) is 16.0. The molecular formula is C18H26F3N3O2. The van der Waals surface area contributed by atoms with Crippen LogP contribution in [0, 0.1) is 0 Å². The molecule has 1 aromatic carbocycles. The lowest BCUT2D eigenvalue weighted by Crippen LogP contribution is -2.45. The first kappa shape index (κ1) is 20.4. The van der Waals surface area contributed by atoms with Crippen LogP contribution in [-0.4, -0.2) is 42.9 Å². The van der Waals surface area contributed by atoms with E-state index in [0.29, 0.717) is 19.0 Å². The zero-order chi connectivity index (χ0) is 19.0. The zero-order valence-corrected chi connectivity index (χ0v) is 14.9. The minimum Gasteiger partial charge on any atom is -0.492 e. The Morgan fingerprint density at radius 1 is 1.27 bits per heavy atom. The molecule has 0 saturated heterocycles. The van der Waals surface area contributed by atoms with Gasteiger partial charge in [0.1, 0.15) is 12.4 Å². The maximum absolute atomic E-state index is 12.7. The van der Waals surface area contributed by atoms with Crippen LogP contribution in [0.4, 0.5) is 13.2 Å². The molecule has 1 aliphatic rings. The summed E-state index contributed by atoms with van der Waals surface area (Å²) < 4.78 is 43.4. The number of hydrogen-bond donors (Lipinski definition) is 3. The van der Waals surface area contributed by atoms with Crippen molar-refractivity contribution in [1.82, 2.24) is 10.6 Å². The van der Waals surface area contributed by atoms with Crippen LogP contribution >= 0.6 is 0 Å². The van der Waals surface area contributed by atoms with Crippen molar-refractivity contribution in [3.8, 4) is 5.75 Å². The first-order chi connectivity index (χ1) is 12.4. The lowest BCUT2D eigenvalue weighted by Gasteiger charge is -2.27. The van der Waals surface area contributed by atoms with Crippen LogP contribution in [0.5, 0.6) is 5.75 Å². The number of benzene rings is 1. The maximum Gasteiger partial charge on any atom is 0.416 e. The second kappa shape index (κ2) is 9.66. The van der Waals surface area contributed by atoms with Gasteiger partial charge < -0.3 is 20.5 Å². The van der Waals surface area contributed by atoms with E-state index >= 15 is 0 Å². The van der Waals surface area contributed by atoms with Crippen molar-refractivity contribution in [2.75, 3.05) is 19.7 Å². The minimum atomic E-state index is -4.38. The van der Waals surface area contributed by atoms with Gasteiger partial charge in [0.15, 0.2) is 5.96 Å². The molecule has 1 fully saturated rings. The fourth-order valence-corrected chi connectivity index (χ4v) is 2.82. The smallest absolute Gasteiger partial charge is 0.416 e. The Labute approximate surface area is 151 Å². The second-order valence-corrected chi connectivity index (χ2v) is 6.28. The summed E-state index contributed by atoms with van der Waals surface area (Å²) in [5.41, 5.74) is -0.729. The van der Waals surface area contributed by atoms with Gasteiger partial charge in [-0.15, -0.1) is 0 Å². The molecule has 0 unspecified atom stereocenters. The van der Waals surface area contributed by atoms with Gasteiger partial charge >= 0.3 is 6.18 Å². The van der Waals surface area contributed by atoms with Crippen molar-refractivity contribution in [2.45, 2.75) is 50.9 Å². The second-order valence-electron chi connectivity index (χ2n) is 6.28. The SMILES string of the molecule is CCNC(=NCCOc1cccc(C(F)(F)F)c1)NC1CCC(O)CC1. The van der Waals surface area contributed by atoms with Gasteiger partial charge in [-0.3, -0.25) is 0 Å². The van der Waals surface area contributed by atoms with Gasteiger partial charge in [-0.05, 0) is 50.8 Å². The molecule has 8 heteroatoms. The number of ether oxygens (including phenoxy) is 1. The molecule has 0 atom stereocenters. The fourth-order valence-electron chi connectivity index (χ4n) is 2.82. The number of hydrogen-bond acceptors (Lipinski definition) is 3. The zero-order valence-electron chi connectivity index (χ0n) is 14.9. The van der Waals surface area contributed by atoms with E-state index in [0.717, 1.165) is 37.8 Å². The first-order valence-corrected chi connectivity index (χ1v) is 8.91. The van der Waals surface area contributed by atoms with Crippen LogP contribution in [0.15, 0.2) is 29.3 Å². The van der Waals surface area contributed by atoms with Crippen LogP contribution in [0.2, 0.25) is 0 Å². The molecule has 0 spiro atoms. The number of aliphatic hydroxyl groups is 1. The third kappa shape index (κ3) is 6.74. The van der Waals surface area contributed by atoms with Gasteiger partial charge in [0.05, 0.1) is 18.2 Å². The molecule has 0 aromatic heterocycles. The Bertz CT molecular complexity index is 585. The highest BCUT2D eigenvalue weighted by molar-refractivity contribution is 5.80. The predicted octanol–water partition coefficient (Wildman–Crippen LogP) is 2.94. The van der Waals surface area contributed by atoms with Crippen molar-refractivity contribution in [1.29, 1.82) is 0 Å². The van der Waals surface area contributed by atoms with Crippen molar-refractivity contribution in [2.24, 2.45) is 4.99 Å². The number of guanidine groups is 1. The predicted molar refractivity (Wildman–Crippen MR) is 94.3 cm³/mol. The van der Waals surface area contributed by atoms with Crippen LogP contribution in [0.3, 0.4) is 0 Å². The lowest BCUT2D eigenvalue weighted by molar-refractivity contribution is -0.137. The van der Waals surface area contributed by atoms with Gasteiger partial charge in [0.25, 0.3) is 0 Å². The Balaban J connectivity index is 1.82. The molecule has 2 rings (SSSR count). The molecular weight excluding hydrogens is 347 g/mol. The third-order valence-corrected chi connectivity index (χ3v) is 4.17. The summed E-state index contributed by atoms with van der Waals surface area (Å²) >= 11 is 0. The Hall–Kier alpha value is -1.96. The van der Waals surface area contributed by atoms with E-state index in [1.165, 1.54) is 12.1 Å². The highest BCUT2D eigenvalue weighted by Crippen LogP contribution is 2.31. The maximum atomic E-state index is 12.7. The molecule has 0 radical (unpaired) electrons. The van der Waals surface area contributed by atoms with Crippen molar-refractivity contribution >= 4 is 5.96 Å². The highest BCUT2D eigenvalue weighted by Gasteiger charge is 2.30. The van der Waals surface area contributed by atoms with Crippen LogP contribution in [-0.2, 0) is 6.18 Å².